The number of amides is 1. The lowest BCUT2D eigenvalue weighted by atomic mass is 10.0. The van der Waals surface area contributed by atoms with Crippen LogP contribution < -0.4 is 4.90 Å². The second-order valence-electron chi connectivity index (χ2n) is 5.86. The molecule has 2 aliphatic rings. The fourth-order valence-corrected chi connectivity index (χ4v) is 3.49. The van der Waals surface area contributed by atoms with Gasteiger partial charge in [0.25, 0.3) is 5.91 Å². The van der Waals surface area contributed by atoms with Gasteiger partial charge < -0.3 is 10.0 Å². The van der Waals surface area contributed by atoms with E-state index in [2.05, 4.69) is 0 Å². The van der Waals surface area contributed by atoms with Crippen molar-refractivity contribution < 1.29 is 14.7 Å². The van der Waals surface area contributed by atoms with E-state index < -0.39 is 11.9 Å². The second-order valence-corrected chi connectivity index (χ2v) is 5.86. The van der Waals surface area contributed by atoms with Crippen molar-refractivity contribution in [1.82, 2.24) is 0 Å². The van der Waals surface area contributed by atoms with Crippen LogP contribution >= 0.6 is 0 Å². The molecule has 1 aliphatic heterocycles. The fourth-order valence-electron chi connectivity index (χ4n) is 3.49. The summed E-state index contributed by atoms with van der Waals surface area (Å²) in [5.41, 5.74) is 4.59. The van der Waals surface area contributed by atoms with Crippen LogP contribution in [0.3, 0.4) is 0 Å². The minimum absolute atomic E-state index is 0.0170. The molecule has 1 unspecified atom stereocenters. The molecule has 22 heavy (non-hydrogen) atoms. The van der Waals surface area contributed by atoms with E-state index in [1.807, 2.05) is 42.5 Å². The van der Waals surface area contributed by atoms with Crippen LogP contribution in [-0.2, 0) is 17.8 Å². The van der Waals surface area contributed by atoms with Gasteiger partial charge in [0, 0.05) is 11.3 Å². The van der Waals surface area contributed by atoms with Crippen LogP contribution in [-0.4, -0.2) is 17.0 Å². The summed E-state index contributed by atoms with van der Waals surface area (Å²) in [6, 6.07) is 13.3. The molecule has 0 radical (unpaired) electrons. The summed E-state index contributed by atoms with van der Waals surface area (Å²) < 4.78 is 0. The average molecular weight is 293 g/mol. The van der Waals surface area contributed by atoms with Crippen LogP contribution in [0.5, 0.6) is 0 Å². The van der Waals surface area contributed by atoms with Crippen LogP contribution in [0.4, 0.5) is 5.69 Å². The molecular weight excluding hydrogens is 278 g/mol. The third-order valence-electron chi connectivity index (χ3n) is 4.64. The zero-order valence-corrected chi connectivity index (χ0v) is 12.0. The van der Waals surface area contributed by atoms with E-state index >= 15 is 0 Å². The Labute approximate surface area is 128 Å². The SMILES string of the molecule is O=C(O)C1CCc2cc(N3Cc4ccccc4C3=O)ccc21. The van der Waals surface area contributed by atoms with Gasteiger partial charge in [-0.1, -0.05) is 24.3 Å². The Morgan fingerprint density at radius 3 is 2.73 bits per heavy atom. The van der Waals surface area contributed by atoms with Crippen molar-refractivity contribution in [2.45, 2.75) is 25.3 Å². The molecule has 0 aromatic heterocycles. The maximum atomic E-state index is 12.5. The number of carbonyl (C=O) groups is 2. The van der Waals surface area contributed by atoms with Gasteiger partial charge in [-0.05, 0) is 47.7 Å². The van der Waals surface area contributed by atoms with Crippen molar-refractivity contribution in [3.63, 3.8) is 0 Å². The highest BCUT2D eigenvalue weighted by atomic mass is 16.4. The normalized spacial score (nSPS) is 19.2. The third kappa shape index (κ3) is 1.84. The van der Waals surface area contributed by atoms with E-state index in [1.54, 1.807) is 4.90 Å². The zero-order valence-electron chi connectivity index (χ0n) is 12.0. The van der Waals surface area contributed by atoms with Gasteiger partial charge in [-0.25, -0.2) is 0 Å². The molecule has 110 valence electrons. The maximum Gasteiger partial charge on any atom is 0.310 e. The molecule has 1 amide bonds. The summed E-state index contributed by atoms with van der Waals surface area (Å²) in [6.07, 6.45) is 1.40. The van der Waals surface area contributed by atoms with Gasteiger partial charge in [-0.15, -0.1) is 0 Å². The van der Waals surface area contributed by atoms with Crippen LogP contribution in [0.1, 0.15) is 39.4 Å². The minimum Gasteiger partial charge on any atom is -0.481 e. The quantitative estimate of drug-likeness (QED) is 0.926. The van der Waals surface area contributed by atoms with E-state index in [1.165, 1.54) is 0 Å². The molecule has 0 fully saturated rings. The molecule has 1 aliphatic carbocycles. The van der Waals surface area contributed by atoms with Crippen LogP contribution in [0, 0.1) is 0 Å². The molecule has 0 spiro atoms. The first-order chi connectivity index (χ1) is 10.6. The third-order valence-corrected chi connectivity index (χ3v) is 4.64. The van der Waals surface area contributed by atoms with Crippen molar-refractivity contribution in [2.75, 3.05) is 4.90 Å². The van der Waals surface area contributed by atoms with Crippen molar-refractivity contribution in [3.8, 4) is 0 Å². The first kappa shape index (κ1) is 13.1. The zero-order chi connectivity index (χ0) is 15.3. The number of hydrogen-bond donors (Lipinski definition) is 1. The number of carboxylic acid groups (broad SMARTS) is 1. The second kappa shape index (κ2) is 4.70. The molecule has 2 aromatic rings. The highest BCUT2D eigenvalue weighted by Gasteiger charge is 2.31. The summed E-state index contributed by atoms with van der Waals surface area (Å²) in [5, 5.41) is 9.24. The topological polar surface area (TPSA) is 57.6 Å². The van der Waals surface area contributed by atoms with Crippen LogP contribution in [0.25, 0.3) is 0 Å². The van der Waals surface area contributed by atoms with E-state index in [4.69, 9.17) is 0 Å². The Bertz CT molecular complexity index is 797. The summed E-state index contributed by atoms with van der Waals surface area (Å²) in [4.78, 5) is 25.5. The number of fused-ring (bicyclic) bond motifs is 2. The molecule has 2 aromatic carbocycles. The smallest absolute Gasteiger partial charge is 0.310 e. The average Bonchev–Trinajstić information content (AvgIpc) is 3.08. The van der Waals surface area contributed by atoms with Crippen LogP contribution in [0.15, 0.2) is 42.5 Å². The van der Waals surface area contributed by atoms with E-state index in [0.717, 1.165) is 34.4 Å². The number of aryl methyl sites for hydroxylation is 1. The lowest BCUT2D eigenvalue weighted by Crippen LogP contribution is -2.23. The summed E-state index contributed by atoms with van der Waals surface area (Å²) in [6.45, 7) is 0.580. The fraction of sp³-hybridized carbons (Fsp3) is 0.222. The van der Waals surface area contributed by atoms with Crippen molar-refractivity contribution in [3.05, 3.63) is 64.7 Å². The standard InChI is InChI=1S/C18H15NO3/c20-17-15-4-2-1-3-12(15)10-19(17)13-6-8-14-11(9-13)5-7-16(14)18(21)22/h1-4,6,8-9,16H,5,7,10H2,(H,21,22). The van der Waals surface area contributed by atoms with E-state index in [9.17, 15) is 14.7 Å². The van der Waals surface area contributed by atoms with Gasteiger partial charge in [0.15, 0.2) is 0 Å². The van der Waals surface area contributed by atoms with Crippen LogP contribution in [0.2, 0.25) is 0 Å². The monoisotopic (exact) mass is 293 g/mol. The highest BCUT2D eigenvalue weighted by molar-refractivity contribution is 6.10. The first-order valence-corrected chi connectivity index (χ1v) is 7.40. The minimum atomic E-state index is -0.767. The number of rotatable bonds is 2. The predicted molar refractivity (Wildman–Crippen MR) is 82.1 cm³/mol. The Morgan fingerprint density at radius 1 is 1.14 bits per heavy atom. The van der Waals surface area contributed by atoms with Crippen molar-refractivity contribution >= 4 is 17.6 Å². The van der Waals surface area contributed by atoms with Crippen molar-refractivity contribution in [2.24, 2.45) is 0 Å². The first-order valence-electron chi connectivity index (χ1n) is 7.40. The van der Waals surface area contributed by atoms with Gasteiger partial charge >= 0.3 is 5.97 Å². The summed E-state index contributed by atoms with van der Waals surface area (Å²) >= 11 is 0. The van der Waals surface area contributed by atoms with Gasteiger partial charge in [0.2, 0.25) is 0 Å². The number of aliphatic carboxylic acids is 1. The number of nitrogens with zero attached hydrogens (tertiary/aromatic N) is 1. The van der Waals surface area contributed by atoms with Gasteiger partial charge in [-0.2, -0.15) is 0 Å². The number of anilines is 1. The van der Waals surface area contributed by atoms with Crippen molar-refractivity contribution in [1.29, 1.82) is 0 Å². The lowest BCUT2D eigenvalue weighted by molar-refractivity contribution is -0.138. The Morgan fingerprint density at radius 2 is 1.95 bits per heavy atom. The number of carbonyl (C=O) groups excluding carboxylic acids is 1. The molecule has 0 saturated heterocycles. The molecule has 1 atom stereocenters. The lowest BCUT2D eigenvalue weighted by Gasteiger charge is -2.17. The molecule has 0 saturated carbocycles. The highest BCUT2D eigenvalue weighted by Crippen LogP contribution is 2.37. The summed E-state index contributed by atoms with van der Waals surface area (Å²) in [7, 11) is 0. The predicted octanol–water partition coefficient (Wildman–Crippen LogP) is 2.96. The Balaban J connectivity index is 1.69. The molecule has 1 heterocycles. The maximum absolute atomic E-state index is 12.5. The number of hydrogen-bond acceptors (Lipinski definition) is 2. The van der Waals surface area contributed by atoms with Gasteiger partial charge in [-0.3, -0.25) is 9.59 Å². The molecule has 1 N–H and O–H groups in total. The molecular formula is C18H15NO3. The summed E-state index contributed by atoms with van der Waals surface area (Å²) in [5.74, 6) is -1.16. The van der Waals surface area contributed by atoms with E-state index in [0.29, 0.717) is 13.0 Å². The molecule has 4 heteroatoms. The number of carboxylic acids is 1. The largest absolute Gasteiger partial charge is 0.481 e. The number of benzene rings is 2. The van der Waals surface area contributed by atoms with Gasteiger partial charge in [0.05, 0.1) is 12.5 Å². The van der Waals surface area contributed by atoms with E-state index in [-0.39, 0.29) is 5.91 Å². The Hall–Kier alpha value is -2.62. The molecule has 4 rings (SSSR count). The van der Waals surface area contributed by atoms with Gasteiger partial charge in [0.1, 0.15) is 0 Å². The molecule has 0 bridgehead atoms. The Kier molecular flexibility index (Phi) is 2.79. The molecule has 4 nitrogen and oxygen atoms in total.